The summed E-state index contributed by atoms with van der Waals surface area (Å²) in [4.78, 5) is 10.2. The standard InChI is InChI=1S/C10H14ClN3O2/c11-8-4-2-1-3-7(8)5-6-9(10(12)13)14(15)16/h1-4,9-10H,5-6,12-13H2. The molecule has 1 aromatic rings. The molecule has 0 spiro atoms. The van der Waals surface area contributed by atoms with Crippen LogP contribution in [0.3, 0.4) is 0 Å². The smallest absolute Gasteiger partial charge is 0.241 e. The minimum atomic E-state index is -0.947. The number of hydrogen-bond acceptors (Lipinski definition) is 4. The number of halogens is 1. The molecule has 0 saturated carbocycles. The van der Waals surface area contributed by atoms with Gasteiger partial charge in [0.25, 0.3) is 0 Å². The van der Waals surface area contributed by atoms with Gasteiger partial charge in [-0.2, -0.15) is 0 Å². The maximum atomic E-state index is 10.7. The van der Waals surface area contributed by atoms with Crippen molar-refractivity contribution in [1.82, 2.24) is 0 Å². The van der Waals surface area contributed by atoms with E-state index in [9.17, 15) is 10.1 Å². The third-order valence-corrected chi connectivity index (χ3v) is 2.75. The highest BCUT2D eigenvalue weighted by Crippen LogP contribution is 2.17. The van der Waals surface area contributed by atoms with E-state index in [1.807, 2.05) is 18.2 Å². The van der Waals surface area contributed by atoms with Gasteiger partial charge in [0.15, 0.2) is 0 Å². The zero-order chi connectivity index (χ0) is 12.1. The lowest BCUT2D eigenvalue weighted by molar-refractivity contribution is -0.526. The average molecular weight is 244 g/mol. The molecular formula is C10H14ClN3O2. The molecule has 0 aliphatic carbocycles. The largest absolute Gasteiger partial charge is 0.310 e. The van der Waals surface area contributed by atoms with Crippen LogP contribution in [-0.2, 0) is 6.42 Å². The molecule has 5 nitrogen and oxygen atoms in total. The average Bonchev–Trinajstić information content (AvgIpc) is 2.20. The van der Waals surface area contributed by atoms with Gasteiger partial charge in [-0.1, -0.05) is 29.8 Å². The van der Waals surface area contributed by atoms with E-state index in [4.69, 9.17) is 23.1 Å². The van der Waals surface area contributed by atoms with Crippen molar-refractivity contribution in [1.29, 1.82) is 0 Å². The summed E-state index contributed by atoms with van der Waals surface area (Å²) in [5, 5.41) is 11.3. The van der Waals surface area contributed by atoms with Crippen molar-refractivity contribution in [2.45, 2.75) is 25.0 Å². The molecule has 6 heteroatoms. The highest BCUT2D eigenvalue weighted by Gasteiger charge is 2.25. The number of aryl methyl sites for hydroxylation is 1. The van der Waals surface area contributed by atoms with Gasteiger partial charge in [-0.25, -0.2) is 0 Å². The summed E-state index contributed by atoms with van der Waals surface area (Å²) in [6.07, 6.45) is -0.164. The van der Waals surface area contributed by atoms with E-state index >= 15 is 0 Å². The van der Waals surface area contributed by atoms with Crippen LogP contribution in [-0.4, -0.2) is 17.1 Å². The molecule has 1 rings (SSSR count). The maximum absolute atomic E-state index is 10.7. The first-order valence-corrected chi connectivity index (χ1v) is 5.28. The number of nitrogens with zero attached hydrogens (tertiary/aromatic N) is 1. The molecule has 88 valence electrons. The first-order chi connectivity index (χ1) is 7.52. The summed E-state index contributed by atoms with van der Waals surface area (Å²) < 4.78 is 0. The molecule has 1 unspecified atom stereocenters. The second-order valence-electron chi connectivity index (χ2n) is 3.56. The number of nitro groups is 1. The molecule has 0 saturated heterocycles. The zero-order valence-electron chi connectivity index (χ0n) is 8.67. The van der Waals surface area contributed by atoms with Gasteiger partial charge in [-0.3, -0.25) is 10.1 Å². The Kier molecular flexibility index (Phi) is 4.67. The highest BCUT2D eigenvalue weighted by molar-refractivity contribution is 6.31. The summed E-state index contributed by atoms with van der Waals surface area (Å²) in [6, 6.07) is 6.30. The Morgan fingerprint density at radius 1 is 1.38 bits per heavy atom. The molecule has 0 aromatic heterocycles. The number of hydrogen-bond donors (Lipinski definition) is 2. The summed E-state index contributed by atoms with van der Waals surface area (Å²) in [7, 11) is 0. The fourth-order valence-electron chi connectivity index (χ4n) is 1.44. The van der Waals surface area contributed by atoms with Gasteiger partial charge in [0.05, 0.1) is 0 Å². The van der Waals surface area contributed by atoms with E-state index in [0.29, 0.717) is 11.4 Å². The molecule has 0 amide bonds. The topological polar surface area (TPSA) is 95.2 Å². The van der Waals surface area contributed by atoms with Crippen molar-refractivity contribution in [2.75, 3.05) is 0 Å². The Morgan fingerprint density at radius 3 is 2.50 bits per heavy atom. The monoisotopic (exact) mass is 243 g/mol. The first kappa shape index (κ1) is 12.9. The van der Waals surface area contributed by atoms with Crippen LogP contribution < -0.4 is 11.5 Å². The third-order valence-electron chi connectivity index (χ3n) is 2.38. The molecule has 16 heavy (non-hydrogen) atoms. The van der Waals surface area contributed by atoms with E-state index in [-0.39, 0.29) is 6.42 Å². The minimum absolute atomic E-state index is 0.286. The summed E-state index contributed by atoms with van der Waals surface area (Å²) in [6.45, 7) is 0. The van der Waals surface area contributed by atoms with Crippen LogP contribution in [0.2, 0.25) is 5.02 Å². The van der Waals surface area contributed by atoms with Gasteiger partial charge < -0.3 is 11.5 Å². The number of benzene rings is 1. The molecule has 4 N–H and O–H groups in total. The van der Waals surface area contributed by atoms with E-state index < -0.39 is 17.1 Å². The fourth-order valence-corrected chi connectivity index (χ4v) is 1.67. The van der Waals surface area contributed by atoms with Crippen LogP contribution in [0.1, 0.15) is 12.0 Å². The predicted octanol–water partition coefficient (Wildman–Crippen LogP) is 1.16. The third kappa shape index (κ3) is 3.44. The second kappa shape index (κ2) is 5.79. The van der Waals surface area contributed by atoms with E-state index in [1.54, 1.807) is 6.07 Å². The Bertz CT molecular complexity index is 371. The minimum Gasteiger partial charge on any atom is -0.310 e. The van der Waals surface area contributed by atoms with Gasteiger partial charge in [0.1, 0.15) is 6.17 Å². The molecule has 0 bridgehead atoms. The summed E-state index contributed by atoms with van der Waals surface area (Å²) in [5.74, 6) is 0. The molecule has 0 radical (unpaired) electrons. The van der Waals surface area contributed by atoms with E-state index in [0.717, 1.165) is 5.56 Å². The Labute approximate surface area is 98.5 Å². The number of rotatable bonds is 5. The first-order valence-electron chi connectivity index (χ1n) is 4.90. The molecular weight excluding hydrogens is 230 g/mol. The van der Waals surface area contributed by atoms with E-state index in [1.165, 1.54) is 0 Å². The summed E-state index contributed by atoms with van der Waals surface area (Å²) >= 11 is 5.93. The molecule has 0 fully saturated rings. The molecule has 0 aliphatic rings. The lowest BCUT2D eigenvalue weighted by Crippen LogP contribution is -2.47. The van der Waals surface area contributed by atoms with Crippen LogP contribution in [0.5, 0.6) is 0 Å². The Morgan fingerprint density at radius 2 is 2.00 bits per heavy atom. The lowest BCUT2D eigenvalue weighted by atomic mass is 10.0. The van der Waals surface area contributed by atoms with Crippen molar-refractivity contribution in [3.8, 4) is 0 Å². The quantitative estimate of drug-likeness (QED) is 0.461. The Hall–Kier alpha value is -1.17. The number of nitrogens with two attached hydrogens (primary N) is 2. The van der Waals surface area contributed by atoms with Crippen molar-refractivity contribution < 1.29 is 4.92 Å². The van der Waals surface area contributed by atoms with Crippen LogP contribution in [0.15, 0.2) is 24.3 Å². The molecule has 1 atom stereocenters. The highest BCUT2D eigenvalue weighted by atomic mass is 35.5. The van der Waals surface area contributed by atoms with Crippen molar-refractivity contribution in [3.05, 3.63) is 45.0 Å². The Balaban J connectivity index is 2.63. The van der Waals surface area contributed by atoms with Crippen LogP contribution in [0.4, 0.5) is 0 Å². The zero-order valence-corrected chi connectivity index (χ0v) is 9.43. The molecule has 1 aromatic carbocycles. The fraction of sp³-hybridized carbons (Fsp3) is 0.400. The van der Waals surface area contributed by atoms with Crippen molar-refractivity contribution >= 4 is 11.6 Å². The second-order valence-corrected chi connectivity index (χ2v) is 3.97. The van der Waals surface area contributed by atoms with Gasteiger partial charge in [0, 0.05) is 16.4 Å². The van der Waals surface area contributed by atoms with Crippen LogP contribution in [0.25, 0.3) is 0 Å². The van der Waals surface area contributed by atoms with Gasteiger partial charge in [-0.15, -0.1) is 0 Å². The lowest BCUT2D eigenvalue weighted by Gasteiger charge is -2.12. The normalized spacial score (nSPS) is 12.8. The van der Waals surface area contributed by atoms with E-state index in [2.05, 4.69) is 0 Å². The van der Waals surface area contributed by atoms with Crippen molar-refractivity contribution in [3.63, 3.8) is 0 Å². The van der Waals surface area contributed by atoms with Gasteiger partial charge in [-0.05, 0) is 18.1 Å². The van der Waals surface area contributed by atoms with Gasteiger partial charge in [0.2, 0.25) is 6.04 Å². The SMILES string of the molecule is NC(N)C(CCc1ccccc1Cl)[N+](=O)[O-]. The predicted molar refractivity (Wildman–Crippen MR) is 62.7 cm³/mol. The van der Waals surface area contributed by atoms with Crippen LogP contribution in [0, 0.1) is 10.1 Å². The van der Waals surface area contributed by atoms with Gasteiger partial charge >= 0.3 is 0 Å². The van der Waals surface area contributed by atoms with Crippen molar-refractivity contribution in [2.24, 2.45) is 11.5 Å². The summed E-state index contributed by atoms with van der Waals surface area (Å²) in [5.41, 5.74) is 11.6. The molecule has 0 aliphatic heterocycles. The maximum Gasteiger partial charge on any atom is 0.241 e. The van der Waals surface area contributed by atoms with Crippen LogP contribution >= 0.6 is 11.6 Å². The molecule has 0 heterocycles.